The second-order valence-corrected chi connectivity index (χ2v) is 7.37. The molecule has 3 aromatic carbocycles. The van der Waals surface area contributed by atoms with Crippen molar-refractivity contribution >= 4 is 27.7 Å². The molecule has 0 saturated heterocycles. The molecule has 0 aliphatic rings. The molecule has 0 fully saturated rings. The van der Waals surface area contributed by atoms with Crippen LogP contribution in [0.25, 0.3) is 0 Å². The van der Waals surface area contributed by atoms with E-state index in [0.717, 1.165) is 15.6 Å². The van der Waals surface area contributed by atoms with Gasteiger partial charge in [0.1, 0.15) is 5.75 Å². The summed E-state index contributed by atoms with van der Waals surface area (Å²) < 4.78 is 6.48. The van der Waals surface area contributed by atoms with Gasteiger partial charge in [-0.25, -0.2) is 0 Å². The summed E-state index contributed by atoms with van der Waals surface area (Å²) in [6.45, 7) is 1.62. The van der Waals surface area contributed by atoms with Crippen LogP contribution < -0.4 is 15.6 Å². The van der Waals surface area contributed by atoms with Crippen LogP contribution in [0, 0.1) is 0 Å². The zero-order valence-electron chi connectivity index (χ0n) is 15.8. The van der Waals surface area contributed by atoms with Crippen LogP contribution in [0.1, 0.15) is 24.0 Å². The fourth-order valence-electron chi connectivity index (χ4n) is 2.88. The van der Waals surface area contributed by atoms with Gasteiger partial charge in [-0.1, -0.05) is 82.7 Å². The first kappa shape index (κ1) is 20.6. The van der Waals surface area contributed by atoms with E-state index >= 15 is 0 Å². The van der Waals surface area contributed by atoms with Gasteiger partial charge in [-0.3, -0.25) is 20.4 Å². The zero-order chi connectivity index (χ0) is 20.6. The van der Waals surface area contributed by atoms with Gasteiger partial charge in [0.15, 0.2) is 6.10 Å². The van der Waals surface area contributed by atoms with Crippen molar-refractivity contribution in [3.8, 4) is 5.75 Å². The molecule has 0 spiro atoms. The Morgan fingerprint density at radius 2 is 1.34 bits per heavy atom. The third-order valence-electron chi connectivity index (χ3n) is 4.32. The Labute approximate surface area is 178 Å². The number of hydrazine groups is 1. The van der Waals surface area contributed by atoms with Gasteiger partial charge in [0, 0.05) is 4.47 Å². The molecule has 2 amide bonds. The summed E-state index contributed by atoms with van der Waals surface area (Å²) in [4.78, 5) is 25.3. The molecule has 0 heterocycles. The first-order valence-electron chi connectivity index (χ1n) is 9.16. The van der Waals surface area contributed by atoms with Crippen molar-refractivity contribution in [1.29, 1.82) is 0 Å². The van der Waals surface area contributed by atoms with Crippen LogP contribution in [0.4, 0.5) is 0 Å². The number of carbonyl (C=O) groups is 2. The van der Waals surface area contributed by atoms with Crippen LogP contribution >= 0.6 is 15.9 Å². The number of ether oxygens (including phenoxy) is 1. The monoisotopic (exact) mass is 452 g/mol. The van der Waals surface area contributed by atoms with Crippen molar-refractivity contribution in [3.05, 3.63) is 101 Å². The third-order valence-corrected chi connectivity index (χ3v) is 4.81. The van der Waals surface area contributed by atoms with E-state index in [1.807, 2.05) is 72.8 Å². The van der Waals surface area contributed by atoms with Crippen molar-refractivity contribution in [2.24, 2.45) is 0 Å². The Hall–Kier alpha value is -3.12. The molecule has 1 atom stereocenters. The minimum Gasteiger partial charge on any atom is -0.481 e. The molecule has 3 aromatic rings. The number of nitrogens with one attached hydrogen (secondary N) is 2. The van der Waals surface area contributed by atoms with Crippen molar-refractivity contribution in [3.63, 3.8) is 0 Å². The number of hydrogen-bond acceptors (Lipinski definition) is 3. The normalized spacial score (nSPS) is 11.6. The summed E-state index contributed by atoms with van der Waals surface area (Å²) >= 11 is 3.36. The minimum atomic E-state index is -0.781. The lowest BCUT2D eigenvalue weighted by molar-refractivity contribution is -0.133. The highest BCUT2D eigenvalue weighted by Crippen LogP contribution is 2.24. The summed E-state index contributed by atoms with van der Waals surface area (Å²) in [5.41, 5.74) is 6.67. The van der Waals surface area contributed by atoms with E-state index in [0.29, 0.717) is 5.75 Å². The lowest BCUT2D eigenvalue weighted by atomic mass is 9.91. The average Bonchev–Trinajstić information content (AvgIpc) is 2.74. The Balaban J connectivity index is 1.66. The maximum absolute atomic E-state index is 12.9. The standard InChI is InChI=1S/C23H21BrN2O3/c1-16(29-20-14-8-13-19(24)15-20)22(27)25-26-23(28)21(17-9-4-2-5-10-17)18-11-6-3-7-12-18/h2-16,21H,1H3,(H,25,27)(H,26,28)/t16-/m0/s1. The molecule has 148 valence electrons. The van der Waals surface area contributed by atoms with Gasteiger partial charge < -0.3 is 4.74 Å². The Bertz CT molecular complexity index is 925. The fraction of sp³-hybridized carbons (Fsp3) is 0.130. The summed E-state index contributed by atoms with van der Waals surface area (Å²) in [7, 11) is 0. The van der Waals surface area contributed by atoms with Gasteiger partial charge in [0.05, 0.1) is 5.92 Å². The van der Waals surface area contributed by atoms with Crippen LogP contribution in [0.15, 0.2) is 89.4 Å². The van der Waals surface area contributed by atoms with Gasteiger partial charge in [-0.05, 0) is 36.2 Å². The number of carbonyl (C=O) groups excluding carboxylic acids is 2. The second kappa shape index (κ2) is 9.89. The van der Waals surface area contributed by atoms with Crippen molar-refractivity contribution in [2.45, 2.75) is 18.9 Å². The molecule has 29 heavy (non-hydrogen) atoms. The van der Waals surface area contributed by atoms with E-state index in [4.69, 9.17) is 4.74 Å². The van der Waals surface area contributed by atoms with Crippen LogP contribution in [-0.4, -0.2) is 17.9 Å². The van der Waals surface area contributed by atoms with Crippen LogP contribution in [-0.2, 0) is 9.59 Å². The molecular weight excluding hydrogens is 432 g/mol. The van der Waals surface area contributed by atoms with E-state index in [-0.39, 0.29) is 5.91 Å². The smallest absolute Gasteiger partial charge is 0.279 e. The molecule has 0 aromatic heterocycles. The maximum Gasteiger partial charge on any atom is 0.279 e. The van der Waals surface area contributed by atoms with Gasteiger partial charge in [-0.2, -0.15) is 0 Å². The molecule has 6 heteroatoms. The van der Waals surface area contributed by atoms with E-state index in [1.54, 1.807) is 19.1 Å². The molecule has 0 radical (unpaired) electrons. The largest absolute Gasteiger partial charge is 0.481 e. The Morgan fingerprint density at radius 3 is 1.90 bits per heavy atom. The predicted molar refractivity (Wildman–Crippen MR) is 115 cm³/mol. The summed E-state index contributed by atoms with van der Waals surface area (Å²) in [6, 6.07) is 26.1. The average molecular weight is 453 g/mol. The number of halogens is 1. The molecular formula is C23H21BrN2O3. The van der Waals surface area contributed by atoms with Crippen LogP contribution in [0.2, 0.25) is 0 Å². The van der Waals surface area contributed by atoms with Crippen LogP contribution in [0.3, 0.4) is 0 Å². The number of amides is 2. The summed E-state index contributed by atoms with van der Waals surface area (Å²) in [5, 5.41) is 0. The molecule has 0 aliphatic carbocycles. The highest BCUT2D eigenvalue weighted by Gasteiger charge is 2.24. The molecule has 0 saturated carbocycles. The molecule has 0 unspecified atom stereocenters. The quantitative estimate of drug-likeness (QED) is 0.550. The lowest BCUT2D eigenvalue weighted by Crippen LogP contribution is -2.48. The maximum atomic E-state index is 12.9. The number of benzene rings is 3. The van der Waals surface area contributed by atoms with Crippen LogP contribution in [0.5, 0.6) is 5.75 Å². The molecule has 0 bridgehead atoms. The van der Waals surface area contributed by atoms with E-state index in [9.17, 15) is 9.59 Å². The highest BCUT2D eigenvalue weighted by atomic mass is 79.9. The van der Waals surface area contributed by atoms with Crippen molar-refractivity contribution in [1.82, 2.24) is 10.9 Å². The topological polar surface area (TPSA) is 67.4 Å². The number of hydrogen-bond donors (Lipinski definition) is 2. The Kier molecular flexibility index (Phi) is 7.03. The zero-order valence-corrected chi connectivity index (χ0v) is 17.4. The Morgan fingerprint density at radius 1 is 0.793 bits per heavy atom. The molecule has 0 aliphatic heterocycles. The van der Waals surface area contributed by atoms with Gasteiger partial charge in [0.25, 0.3) is 5.91 Å². The fourth-order valence-corrected chi connectivity index (χ4v) is 3.26. The van der Waals surface area contributed by atoms with Crippen molar-refractivity contribution in [2.75, 3.05) is 0 Å². The van der Waals surface area contributed by atoms with E-state index in [1.165, 1.54) is 0 Å². The predicted octanol–water partition coefficient (Wildman–Crippen LogP) is 4.20. The van der Waals surface area contributed by atoms with Gasteiger partial charge >= 0.3 is 0 Å². The van der Waals surface area contributed by atoms with E-state index in [2.05, 4.69) is 26.8 Å². The highest BCUT2D eigenvalue weighted by molar-refractivity contribution is 9.10. The molecule has 5 nitrogen and oxygen atoms in total. The first-order valence-corrected chi connectivity index (χ1v) is 9.95. The number of rotatable bonds is 6. The van der Waals surface area contributed by atoms with Gasteiger partial charge in [0.2, 0.25) is 5.91 Å². The summed E-state index contributed by atoms with van der Waals surface area (Å²) in [6.07, 6.45) is -0.781. The molecule has 3 rings (SSSR count). The van der Waals surface area contributed by atoms with Gasteiger partial charge in [-0.15, -0.1) is 0 Å². The summed E-state index contributed by atoms with van der Waals surface area (Å²) in [5.74, 6) is -0.762. The minimum absolute atomic E-state index is 0.328. The SMILES string of the molecule is C[C@H](Oc1cccc(Br)c1)C(=O)NNC(=O)C(c1ccccc1)c1ccccc1. The third kappa shape index (κ3) is 5.68. The lowest BCUT2D eigenvalue weighted by Gasteiger charge is -2.20. The first-order chi connectivity index (χ1) is 14.0. The van der Waals surface area contributed by atoms with E-state index < -0.39 is 17.9 Å². The molecule has 2 N–H and O–H groups in total. The second-order valence-electron chi connectivity index (χ2n) is 6.45. The van der Waals surface area contributed by atoms with Crippen molar-refractivity contribution < 1.29 is 14.3 Å².